The van der Waals surface area contributed by atoms with Crippen LogP contribution in [0.3, 0.4) is 0 Å². The Morgan fingerprint density at radius 1 is 1.33 bits per heavy atom. The maximum atomic E-state index is 4.79. The maximum absolute atomic E-state index is 4.79. The fourth-order valence-corrected chi connectivity index (χ4v) is 2.68. The third kappa shape index (κ3) is 3.02. The second kappa shape index (κ2) is 5.27. The Morgan fingerprint density at radius 2 is 2.22 bits per heavy atom. The minimum absolute atomic E-state index is 0.755. The summed E-state index contributed by atoms with van der Waals surface area (Å²) in [5.41, 5.74) is 1.18. The van der Waals surface area contributed by atoms with Gasteiger partial charge in [-0.1, -0.05) is 13.0 Å². The smallest absolute Gasteiger partial charge is 0.128 e. The molecule has 98 valence electrons. The van der Waals surface area contributed by atoms with Gasteiger partial charge >= 0.3 is 0 Å². The highest BCUT2D eigenvalue weighted by Crippen LogP contribution is 2.22. The molecule has 1 aliphatic heterocycles. The zero-order valence-corrected chi connectivity index (χ0v) is 11.2. The highest BCUT2D eigenvalue weighted by atomic mass is 15.2. The molecule has 3 rings (SSSR count). The van der Waals surface area contributed by atoms with Gasteiger partial charge in [0.25, 0.3) is 0 Å². The van der Waals surface area contributed by atoms with Gasteiger partial charge in [-0.25, -0.2) is 4.98 Å². The van der Waals surface area contributed by atoms with Gasteiger partial charge in [0.15, 0.2) is 0 Å². The first kappa shape index (κ1) is 12.0. The van der Waals surface area contributed by atoms with Crippen LogP contribution in [-0.4, -0.2) is 24.1 Å². The van der Waals surface area contributed by atoms with Gasteiger partial charge in [0.1, 0.15) is 5.82 Å². The Hall–Kier alpha value is -1.09. The van der Waals surface area contributed by atoms with Gasteiger partial charge in [0.2, 0.25) is 0 Å². The van der Waals surface area contributed by atoms with E-state index in [0.717, 1.165) is 37.4 Å². The first-order chi connectivity index (χ1) is 8.81. The van der Waals surface area contributed by atoms with Gasteiger partial charge in [0, 0.05) is 25.7 Å². The lowest BCUT2D eigenvalue weighted by molar-refractivity contribution is 0.444. The highest BCUT2D eigenvalue weighted by Gasteiger charge is 2.21. The summed E-state index contributed by atoms with van der Waals surface area (Å²) in [5.74, 6) is 1.96. The van der Waals surface area contributed by atoms with E-state index in [4.69, 9.17) is 4.98 Å². The normalized spacial score (nSPS) is 24.3. The van der Waals surface area contributed by atoms with Crippen LogP contribution >= 0.6 is 0 Å². The van der Waals surface area contributed by atoms with E-state index >= 15 is 0 Å². The van der Waals surface area contributed by atoms with Gasteiger partial charge < -0.3 is 10.2 Å². The molecule has 0 aromatic carbocycles. The van der Waals surface area contributed by atoms with E-state index in [1.54, 1.807) is 0 Å². The summed E-state index contributed by atoms with van der Waals surface area (Å²) in [7, 11) is 0. The molecule has 1 aromatic heterocycles. The lowest BCUT2D eigenvalue weighted by atomic mass is 10.0. The van der Waals surface area contributed by atoms with Crippen molar-refractivity contribution in [1.29, 1.82) is 0 Å². The molecule has 0 amide bonds. The molecule has 1 unspecified atom stereocenters. The molecule has 0 radical (unpaired) electrons. The summed E-state index contributed by atoms with van der Waals surface area (Å²) >= 11 is 0. The Balaban J connectivity index is 1.65. The molecule has 2 fully saturated rings. The van der Waals surface area contributed by atoms with E-state index in [1.165, 1.54) is 31.4 Å². The summed E-state index contributed by atoms with van der Waals surface area (Å²) in [6, 6.07) is 7.18. The fourth-order valence-electron chi connectivity index (χ4n) is 2.68. The molecular formula is C15H23N3. The third-order valence-corrected chi connectivity index (χ3v) is 3.92. The maximum Gasteiger partial charge on any atom is 0.128 e. The van der Waals surface area contributed by atoms with Crippen LogP contribution in [0, 0.1) is 5.92 Å². The van der Waals surface area contributed by atoms with E-state index < -0.39 is 0 Å². The first-order valence-electron chi connectivity index (χ1n) is 7.25. The molecule has 0 bridgehead atoms. The van der Waals surface area contributed by atoms with Crippen molar-refractivity contribution in [3.05, 3.63) is 23.9 Å². The van der Waals surface area contributed by atoms with Crippen molar-refractivity contribution in [2.45, 2.75) is 45.2 Å². The Bertz CT molecular complexity index is 400. The SMILES string of the molecule is CC1CCCN(c2cccc(CNC3CC3)n2)C1. The van der Waals surface area contributed by atoms with E-state index in [0.29, 0.717) is 0 Å². The number of piperidine rings is 1. The Morgan fingerprint density at radius 3 is 3.00 bits per heavy atom. The molecule has 1 saturated carbocycles. The summed E-state index contributed by atoms with van der Waals surface area (Å²) in [5, 5.41) is 3.53. The topological polar surface area (TPSA) is 28.2 Å². The van der Waals surface area contributed by atoms with Crippen molar-refractivity contribution in [2.75, 3.05) is 18.0 Å². The number of rotatable bonds is 4. The lowest BCUT2D eigenvalue weighted by Gasteiger charge is -2.32. The second-order valence-corrected chi connectivity index (χ2v) is 5.84. The number of pyridine rings is 1. The van der Waals surface area contributed by atoms with Gasteiger partial charge in [0.05, 0.1) is 5.69 Å². The number of hydrogen-bond donors (Lipinski definition) is 1. The molecule has 1 atom stereocenters. The molecule has 1 aliphatic carbocycles. The molecule has 0 spiro atoms. The molecule has 3 nitrogen and oxygen atoms in total. The standard InChI is InChI=1S/C15H23N3/c1-12-4-3-9-18(11-12)15-6-2-5-14(17-15)10-16-13-7-8-13/h2,5-6,12-13,16H,3-4,7-11H2,1H3. The van der Waals surface area contributed by atoms with Crippen molar-refractivity contribution in [2.24, 2.45) is 5.92 Å². The largest absolute Gasteiger partial charge is 0.356 e. The third-order valence-electron chi connectivity index (χ3n) is 3.92. The molecule has 1 N–H and O–H groups in total. The van der Waals surface area contributed by atoms with E-state index in [1.807, 2.05) is 0 Å². The molecule has 2 heterocycles. The Kier molecular flexibility index (Phi) is 3.50. The van der Waals surface area contributed by atoms with Crippen LogP contribution in [0.4, 0.5) is 5.82 Å². The molecule has 18 heavy (non-hydrogen) atoms. The van der Waals surface area contributed by atoms with Gasteiger partial charge in [-0.05, 0) is 43.7 Å². The predicted octanol–water partition coefficient (Wildman–Crippen LogP) is 2.57. The van der Waals surface area contributed by atoms with Crippen LogP contribution in [0.1, 0.15) is 38.3 Å². The van der Waals surface area contributed by atoms with Crippen molar-refractivity contribution < 1.29 is 0 Å². The average molecular weight is 245 g/mol. The minimum Gasteiger partial charge on any atom is -0.356 e. The average Bonchev–Trinajstić information content (AvgIpc) is 3.21. The lowest BCUT2D eigenvalue weighted by Crippen LogP contribution is -2.35. The van der Waals surface area contributed by atoms with Crippen molar-refractivity contribution >= 4 is 5.82 Å². The van der Waals surface area contributed by atoms with Crippen LogP contribution in [-0.2, 0) is 6.54 Å². The number of aromatic nitrogens is 1. The summed E-state index contributed by atoms with van der Waals surface area (Å²) < 4.78 is 0. The van der Waals surface area contributed by atoms with E-state index in [2.05, 4.69) is 35.3 Å². The van der Waals surface area contributed by atoms with Crippen LogP contribution in [0.15, 0.2) is 18.2 Å². The van der Waals surface area contributed by atoms with Gasteiger partial charge in [-0.2, -0.15) is 0 Å². The van der Waals surface area contributed by atoms with Crippen LogP contribution in [0.5, 0.6) is 0 Å². The number of nitrogens with zero attached hydrogens (tertiary/aromatic N) is 2. The molecule has 3 heteroatoms. The van der Waals surface area contributed by atoms with E-state index in [9.17, 15) is 0 Å². The zero-order valence-electron chi connectivity index (χ0n) is 11.2. The number of hydrogen-bond acceptors (Lipinski definition) is 3. The minimum atomic E-state index is 0.755. The molecular weight excluding hydrogens is 222 g/mol. The van der Waals surface area contributed by atoms with Gasteiger partial charge in [-0.3, -0.25) is 0 Å². The molecule has 1 aromatic rings. The van der Waals surface area contributed by atoms with Crippen molar-refractivity contribution in [3.63, 3.8) is 0 Å². The highest BCUT2D eigenvalue weighted by molar-refractivity contribution is 5.39. The number of anilines is 1. The zero-order chi connectivity index (χ0) is 12.4. The molecule has 1 saturated heterocycles. The quantitative estimate of drug-likeness (QED) is 0.883. The second-order valence-electron chi connectivity index (χ2n) is 5.84. The summed E-state index contributed by atoms with van der Waals surface area (Å²) in [4.78, 5) is 7.23. The Labute approximate surface area is 110 Å². The predicted molar refractivity (Wildman–Crippen MR) is 74.7 cm³/mol. The summed E-state index contributed by atoms with van der Waals surface area (Å²) in [6.07, 6.45) is 5.33. The van der Waals surface area contributed by atoms with Crippen molar-refractivity contribution in [1.82, 2.24) is 10.3 Å². The molecule has 2 aliphatic rings. The van der Waals surface area contributed by atoms with E-state index in [-0.39, 0.29) is 0 Å². The van der Waals surface area contributed by atoms with Gasteiger partial charge in [-0.15, -0.1) is 0 Å². The fraction of sp³-hybridized carbons (Fsp3) is 0.667. The summed E-state index contributed by atoms with van der Waals surface area (Å²) in [6.45, 7) is 5.58. The van der Waals surface area contributed by atoms with Crippen LogP contribution in [0.25, 0.3) is 0 Å². The van der Waals surface area contributed by atoms with Crippen LogP contribution in [0.2, 0.25) is 0 Å². The van der Waals surface area contributed by atoms with Crippen molar-refractivity contribution in [3.8, 4) is 0 Å². The first-order valence-corrected chi connectivity index (χ1v) is 7.25. The monoisotopic (exact) mass is 245 g/mol. The number of nitrogens with one attached hydrogen (secondary N) is 1. The van der Waals surface area contributed by atoms with Crippen LogP contribution < -0.4 is 10.2 Å².